The second-order valence-electron chi connectivity index (χ2n) is 6.27. The van der Waals surface area contributed by atoms with Crippen molar-refractivity contribution in [2.24, 2.45) is 10.7 Å². The minimum atomic E-state index is 0.0132. The first kappa shape index (κ1) is 20.7. The van der Waals surface area contributed by atoms with Crippen LogP contribution in [0.25, 0.3) is 0 Å². The van der Waals surface area contributed by atoms with Gasteiger partial charge in [0.05, 0.1) is 42.6 Å². The zero-order valence-electron chi connectivity index (χ0n) is 15.9. The molecule has 7 nitrogen and oxygen atoms in total. The summed E-state index contributed by atoms with van der Waals surface area (Å²) < 4.78 is 5.63. The van der Waals surface area contributed by atoms with Gasteiger partial charge < -0.3 is 25.6 Å². The fourth-order valence-electron chi connectivity index (χ4n) is 2.72. The number of nitrogens with one attached hydrogen (secondary N) is 1. The van der Waals surface area contributed by atoms with Crippen LogP contribution in [0.5, 0.6) is 0 Å². The van der Waals surface area contributed by atoms with Crippen molar-refractivity contribution >= 4 is 22.8 Å². The Morgan fingerprint density at radius 2 is 1.89 bits per heavy atom. The van der Waals surface area contributed by atoms with Crippen LogP contribution in [0, 0.1) is 12.3 Å². The zero-order valence-corrected chi connectivity index (χ0v) is 15.9. The number of nitrogens with zero attached hydrogens (tertiary/aromatic N) is 2. The van der Waals surface area contributed by atoms with Gasteiger partial charge in [0.1, 0.15) is 5.76 Å². The van der Waals surface area contributed by atoms with Crippen molar-refractivity contribution in [1.29, 1.82) is 5.41 Å². The highest BCUT2D eigenvalue weighted by Gasteiger charge is 2.16. The number of hydrogen-bond acceptors (Lipinski definition) is 7. The van der Waals surface area contributed by atoms with Crippen LogP contribution in [-0.2, 0) is 4.74 Å². The maximum absolute atomic E-state index is 9.20. The number of aryl methyl sites for hydroxylation is 1. The van der Waals surface area contributed by atoms with Gasteiger partial charge in [-0.25, -0.2) is 4.99 Å². The number of aliphatic hydroxyl groups is 2. The van der Waals surface area contributed by atoms with Gasteiger partial charge in [0, 0.05) is 24.9 Å². The van der Waals surface area contributed by atoms with E-state index in [1.807, 2.05) is 36.9 Å². The molecule has 7 heteroatoms. The molecule has 0 aromatic heterocycles. The number of aliphatic hydroxyl groups excluding tert-OH is 2. The molecular formula is C20H28N4O3. The summed E-state index contributed by atoms with van der Waals surface area (Å²) in [7, 11) is 0. The summed E-state index contributed by atoms with van der Waals surface area (Å²) in [5, 5.41) is 26.5. The van der Waals surface area contributed by atoms with Crippen molar-refractivity contribution in [3.8, 4) is 0 Å². The molecule has 5 N–H and O–H groups in total. The maximum Gasteiger partial charge on any atom is 0.144 e. The van der Waals surface area contributed by atoms with Gasteiger partial charge in [-0.15, -0.1) is 0 Å². The number of aliphatic imine (C=N–C) groups is 1. The lowest BCUT2D eigenvalue weighted by Gasteiger charge is -2.23. The topological polar surface area (TPSA) is 115 Å². The van der Waals surface area contributed by atoms with Crippen molar-refractivity contribution in [3.63, 3.8) is 0 Å². The van der Waals surface area contributed by atoms with E-state index in [9.17, 15) is 10.2 Å². The first-order valence-corrected chi connectivity index (χ1v) is 9.07. The predicted molar refractivity (Wildman–Crippen MR) is 109 cm³/mol. The minimum absolute atomic E-state index is 0.0132. The van der Waals surface area contributed by atoms with Crippen LogP contribution >= 0.6 is 0 Å². The second-order valence-corrected chi connectivity index (χ2v) is 6.27. The molecular weight excluding hydrogens is 344 g/mol. The summed E-state index contributed by atoms with van der Waals surface area (Å²) in [5.74, 6) is 0.540. The van der Waals surface area contributed by atoms with E-state index in [1.54, 1.807) is 12.2 Å². The fourth-order valence-corrected chi connectivity index (χ4v) is 2.72. The number of nitrogens with two attached hydrogens (primary N) is 1. The largest absolute Gasteiger partial charge is 0.491 e. The van der Waals surface area contributed by atoms with Gasteiger partial charge in [0.25, 0.3) is 0 Å². The molecule has 1 aliphatic rings. The van der Waals surface area contributed by atoms with Crippen molar-refractivity contribution in [2.75, 3.05) is 37.8 Å². The third-order valence-electron chi connectivity index (χ3n) is 4.12. The van der Waals surface area contributed by atoms with Gasteiger partial charge in [-0.3, -0.25) is 5.41 Å². The zero-order chi connectivity index (χ0) is 19.8. The van der Waals surface area contributed by atoms with E-state index < -0.39 is 0 Å². The number of hydrogen-bond donors (Lipinski definition) is 4. The van der Waals surface area contributed by atoms with Crippen molar-refractivity contribution in [3.05, 3.63) is 47.4 Å². The van der Waals surface area contributed by atoms with E-state index >= 15 is 0 Å². The SMILES string of the molecule is CCCOC1=CC(=Nc2ccc(N(CCO)CCO)cc2C)C(=N)C=C1N. The lowest BCUT2D eigenvalue weighted by atomic mass is 10.1. The Hall–Kier alpha value is -2.64. The molecule has 0 bridgehead atoms. The molecule has 0 unspecified atom stereocenters. The molecule has 0 radical (unpaired) electrons. The van der Waals surface area contributed by atoms with E-state index in [0.717, 1.165) is 23.4 Å². The summed E-state index contributed by atoms with van der Waals surface area (Å²) in [5.41, 5.74) is 9.68. The molecule has 27 heavy (non-hydrogen) atoms. The summed E-state index contributed by atoms with van der Waals surface area (Å²) in [4.78, 5) is 6.51. The first-order chi connectivity index (χ1) is 13.0. The molecule has 0 saturated carbocycles. The molecule has 1 aromatic carbocycles. The monoisotopic (exact) mass is 372 g/mol. The molecule has 1 aromatic rings. The van der Waals surface area contributed by atoms with E-state index in [4.69, 9.17) is 15.9 Å². The minimum Gasteiger partial charge on any atom is -0.491 e. The van der Waals surface area contributed by atoms with Crippen LogP contribution in [-0.4, -0.2) is 54.5 Å². The maximum atomic E-state index is 9.20. The molecule has 0 aliphatic heterocycles. The predicted octanol–water partition coefficient (Wildman–Crippen LogP) is 2.04. The molecule has 0 amide bonds. The van der Waals surface area contributed by atoms with E-state index in [0.29, 0.717) is 36.9 Å². The molecule has 0 heterocycles. The van der Waals surface area contributed by atoms with Crippen LogP contribution in [0.4, 0.5) is 11.4 Å². The average molecular weight is 372 g/mol. The van der Waals surface area contributed by atoms with Gasteiger partial charge >= 0.3 is 0 Å². The first-order valence-electron chi connectivity index (χ1n) is 9.07. The van der Waals surface area contributed by atoms with Crippen LogP contribution in [0.2, 0.25) is 0 Å². The molecule has 146 valence electrons. The molecule has 0 atom stereocenters. The Morgan fingerprint density at radius 1 is 1.19 bits per heavy atom. The Balaban J connectivity index is 2.29. The lowest BCUT2D eigenvalue weighted by molar-refractivity contribution is 0.220. The Labute approximate surface area is 160 Å². The van der Waals surface area contributed by atoms with Gasteiger partial charge in [-0.2, -0.15) is 0 Å². The Kier molecular flexibility index (Phi) is 7.57. The number of rotatable bonds is 9. The van der Waals surface area contributed by atoms with Crippen LogP contribution in [0.1, 0.15) is 18.9 Å². The van der Waals surface area contributed by atoms with E-state index in [1.165, 1.54) is 0 Å². The summed E-state index contributed by atoms with van der Waals surface area (Å²) in [6.07, 6.45) is 4.12. The van der Waals surface area contributed by atoms with Gasteiger partial charge in [0.2, 0.25) is 0 Å². The van der Waals surface area contributed by atoms with Crippen LogP contribution in [0.3, 0.4) is 0 Å². The highest BCUT2D eigenvalue weighted by Crippen LogP contribution is 2.26. The smallest absolute Gasteiger partial charge is 0.144 e. The van der Waals surface area contributed by atoms with Gasteiger partial charge in [-0.05, 0) is 43.2 Å². The van der Waals surface area contributed by atoms with E-state index in [2.05, 4.69) is 4.99 Å². The highest BCUT2D eigenvalue weighted by molar-refractivity contribution is 6.50. The van der Waals surface area contributed by atoms with Gasteiger partial charge in [-0.1, -0.05) is 6.92 Å². The Bertz CT molecular complexity index is 762. The molecule has 0 saturated heterocycles. The molecule has 1 aliphatic carbocycles. The standard InChI is InChI=1S/C20H28N4O3/c1-3-10-27-20-13-19(16(21)12-17(20)22)23-18-5-4-15(11-14(18)2)24(6-8-25)7-9-26/h4-5,11-13,21,25-26H,3,6-10,22H2,1-2H3. The third kappa shape index (κ3) is 5.42. The normalized spacial score (nSPS) is 15.6. The Morgan fingerprint density at radius 3 is 2.48 bits per heavy atom. The lowest BCUT2D eigenvalue weighted by Crippen LogP contribution is -2.29. The molecule has 0 fully saturated rings. The second kappa shape index (κ2) is 9.89. The van der Waals surface area contributed by atoms with E-state index in [-0.39, 0.29) is 18.9 Å². The van der Waals surface area contributed by atoms with Gasteiger partial charge in [0.15, 0.2) is 0 Å². The highest BCUT2D eigenvalue weighted by atomic mass is 16.5. The summed E-state index contributed by atoms with van der Waals surface area (Å²) >= 11 is 0. The van der Waals surface area contributed by atoms with Crippen molar-refractivity contribution in [1.82, 2.24) is 0 Å². The number of allylic oxidation sites excluding steroid dienone is 2. The summed E-state index contributed by atoms with van der Waals surface area (Å²) in [6.45, 7) is 5.43. The van der Waals surface area contributed by atoms with Crippen molar-refractivity contribution in [2.45, 2.75) is 20.3 Å². The van der Waals surface area contributed by atoms with Crippen LogP contribution in [0.15, 0.2) is 46.8 Å². The fraction of sp³-hybridized carbons (Fsp3) is 0.400. The third-order valence-corrected chi connectivity index (χ3v) is 4.12. The van der Waals surface area contributed by atoms with Crippen LogP contribution < -0.4 is 10.6 Å². The quantitative estimate of drug-likeness (QED) is 0.495. The summed E-state index contributed by atoms with van der Waals surface area (Å²) in [6, 6.07) is 5.72. The number of benzene rings is 1. The average Bonchev–Trinajstić information content (AvgIpc) is 2.64. The number of anilines is 1. The molecule has 2 rings (SSSR count). The number of ether oxygens (including phenoxy) is 1. The van der Waals surface area contributed by atoms with Crippen molar-refractivity contribution < 1.29 is 14.9 Å². The molecule has 0 spiro atoms.